The normalized spacial score (nSPS) is 15.9. The number of nitrogens with zero attached hydrogens (tertiary/aromatic N) is 1. The number of esters is 2. The monoisotopic (exact) mass is 524 g/mol. The van der Waals surface area contributed by atoms with E-state index < -0.39 is 41.6 Å². The van der Waals surface area contributed by atoms with Crippen molar-refractivity contribution in [2.24, 2.45) is 0 Å². The largest absolute Gasteiger partial charge is 0.461 e. The number of hydrogen-bond donors (Lipinski definition) is 1. The van der Waals surface area contributed by atoms with Gasteiger partial charge in [-0.15, -0.1) is 0 Å². The van der Waals surface area contributed by atoms with Crippen molar-refractivity contribution in [1.29, 1.82) is 0 Å². The van der Waals surface area contributed by atoms with Gasteiger partial charge in [0.2, 0.25) is 5.91 Å². The van der Waals surface area contributed by atoms with Crippen LogP contribution in [0, 0.1) is 0 Å². The van der Waals surface area contributed by atoms with E-state index in [0.717, 1.165) is 11.1 Å². The average molecular weight is 525 g/mol. The molecule has 1 heterocycles. The summed E-state index contributed by atoms with van der Waals surface area (Å²) in [4.78, 5) is 52.5. The summed E-state index contributed by atoms with van der Waals surface area (Å²) in [7, 11) is 0. The Labute approximate surface area is 223 Å². The summed E-state index contributed by atoms with van der Waals surface area (Å²) in [5.74, 6) is -1.66. The molecule has 0 aromatic heterocycles. The molecule has 9 nitrogen and oxygen atoms in total. The van der Waals surface area contributed by atoms with Crippen LogP contribution in [-0.4, -0.2) is 53.1 Å². The molecule has 0 radical (unpaired) electrons. The molecule has 2 atom stereocenters. The molecule has 0 spiro atoms. The first-order valence-electron chi connectivity index (χ1n) is 12.8. The van der Waals surface area contributed by atoms with Gasteiger partial charge in [-0.25, -0.2) is 9.59 Å². The molecule has 1 aliphatic rings. The van der Waals surface area contributed by atoms with Gasteiger partial charge in [0.1, 0.15) is 30.9 Å². The Kier molecular flexibility index (Phi) is 10.3. The maximum absolute atomic E-state index is 13.2. The molecular formula is C29H36N2O7. The summed E-state index contributed by atoms with van der Waals surface area (Å²) in [6.07, 6.45) is 0.385. The molecule has 0 unspecified atom stereocenters. The Bertz CT molecular complexity index is 1080. The molecule has 2 aromatic carbocycles. The van der Waals surface area contributed by atoms with Crippen LogP contribution in [-0.2, 0) is 41.8 Å². The summed E-state index contributed by atoms with van der Waals surface area (Å²) < 4.78 is 16.2. The molecule has 204 valence electrons. The molecule has 0 saturated carbocycles. The van der Waals surface area contributed by atoms with Crippen LogP contribution in [0.4, 0.5) is 4.79 Å². The van der Waals surface area contributed by atoms with Crippen molar-refractivity contribution in [3.63, 3.8) is 0 Å². The third kappa shape index (κ3) is 9.21. The first-order chi connectivity index (χ1) is 18.1. The Morgan fingerprint density at radius 3 is 2.08 bits per heavy atom. The molecular weight excluding hydrogens is 488 g/mol. The van der Waals surface area contributed by atoms with Crippen LogP contribution in [0.5, 0.6) is 0 Å². The molecule has 3 rings (SSSR count). The Balaban J connectivity index is 1.62. The van der Waals surface area contributed by atoms with Gasteiger partial charge in [0.15, 0.2) is 0 Å². The average Bonchev–Trinajstić information content (AvgIpc) is 3.39. The Hall–Kier alpha value is -3.88. The van der Waals surface area contributed by atoms with Crippen molar-refractivity contribution in [3.8, 4) is 0 Å². The van der Waals surface area contributed by atoms with E-state index in [0.29, 0.717) is 19.4 Å². The molecule has 1 saturated heterocycles. The van der Waals surface area contributed by atoms with Gasteiger partial charge in [-0.1, -0.05) is 60.7 Å². The number of carbonyl (C=O) groups is 4. The van der Waals surface area contributed by atoms with Gasteiger partial charge in [-0.3, -0.25) is 14.5 Å². The lowest BCUT2D eigenvalue weighted by Crippen LogP contribution is -2.52. The van der Waals surface area contributed by atoms with E-state index in [9.17, 15) is 19.2 Å². The molecule has 38 heavy (non-hydrogen) atoms. The van der Waals surface area contributed by atoms with E-state index in [4.69, 9.17) is 14.2 Å². The molecule has 1 aliphatic heterocycles. The minimum Gasteiger partial charge on any atom is -0.461 e. The van der Waals surface area contributed by atoms with Gasteiger partial charge < -0.3 is 19.5 Å². The molecule has 9 heteroatoms. The van der Waals surface area contributed by atoms with Crippen molar-refractivity contribution in [2.45, 2.75) is 77.4 Å². The Morgan fingerprint density at radius 2 is 1.50 bits per heavy atom. The van der Waals surface area contributed by atoms with Gasteiger partial charge in [-0.05, 0) is 51.2 Å². The van der Waals surface area contributed by atoms with E-state index >= 15 is 0 Å². The van der Waals surface area contributed by atoms with Gasteiger partial charge in [0.05, 0.1) is 0 Å². The predicted molar refractivity (Wildman–Crippen MR) is 140 cm³/mol. The van der Waals surface area contributed by atoms with Crippen molar-refractivity contribution >= 4 is 23.9 Å². The van der Waals surface area contributed by atoms with Gasteiger partial charge in [-0.2, -0.15) is 0 Å². The molecule has 1 N–H and O–H groups in total. The standard InChI is InChI=1S/C29H36N2O7/c1-29(2,3)38-28(35)31-18-10-15-24(31)26(33)30-23(27(34)37-20-22-13-8-5-9-14-22)16-17-25(32)36-19-21-11-6-4-7-12-21/h4-9,11-14,23-24H,10,15-20H2,1-3H3,(H,30,33)/t23-,24-/m0/s1. The summed E-state index contributed by atoms with van der Waals surface area (Å²) in [6.45, 7) is 5.78. The number of hydrogen-bond acceptors (Lipinski definition) is 7. The van der Waals surface area contributed by atoms with Gasteiger partial charge in [0.25, 0.3) is 0 Å². The van der Waals surface area contributed by atoms with Crippen LogP contribution in [0.15, 0.2) is 60.7 Å². The fourth-order valence-electron chi connectivity index (χ4n) is 4.00. The first kappa shape index (κ1) is 28.7. The van der Waals surface area contributed by atoms with E-state index in [1.54, 1.807) is 20.8 Å². The number of ether oxygens (including phenoxy) is 3. The lowest BCUT2D eigenvalue weighted by molar-refractivity contribution is -0.151. The Morgan fingerprint density at radius 1 is 0.921 bits per heavy atom. The number of likely N-dealkylation sites (tertiary alicyclic amines) is 1. The van der Waals surface area contributed by atoms with Crippen LogP contribution in [0.2, 0.25) is 0 Å². The van der Waals surface area contributed by atoms with Crippen molar-refractivity contribution in [2.75, 3.05) is 6.54 Å². The highest BCUT2D eigenvalue weighted by molar-refractivity contribution is 5.90. The number of amides is 2. The van der Waals surface area contributed by atoms with Crippen molar-refractivity contribution in [1.82, 2.24) is 10.2 Å². The highest BCUT2D eigenvalue weighted by Gasteiger charge is 2.38. The van der Waals surface area contributed by atoms with Crippen molar-refractivity contribution < 1.29 is 33.4 Å². The third-order valence-electron chi connectivity index (χ3n) is 5.89. The topological polar surface area (TPSA) is 111 Å². The second-order valence-corrected chi connectivity index (χ2v) is 10.2. The molecule has 0 bridgehead atoms. The third-order valence-corrected chi connectivity index (χ3v) is 5.89. The molecule has 0 aliphatic carbocycles. The second kappa shape index (κ2) is 13.6. The lowest BCUT2D eigenvalue weighted by atomic mass is 10.1. The smallest absolute Gasteiger partial charge is 0.410 e. The number of rotatable bonds is 10. The maximum atomic E-state index is 13.2. The van der Waals surface area contributed by atoms with Crippen LogP contribution in [0.1, 0.15) is 57.6 Å². The molecule has 1 fully saturated rings. The number of carbonyl (C=O) groups excluding carboxylic acids is 4. The quantitative estimate of drug-likeness (QED) is 0.367. The zero-order chi connectivity index (χ0) is 27.5. The van der Waals surface area contributed by atoms with E-state index in [-0.39, 0.29) is 26.1 Å². The highest BCUT2D eigenvalue weighted by Crippen LogP contribution is 2.21. The summed E-state index contributed by atoms with van der Waals surface area (Å²) in [6, 6.07) is 16.5. The first-order valence-corrected chi connectivity index (χ1v) is 12.8. The summed E-state index contributed by atoms with van der Waals surface area (Å²) in [5, 5.41) is 2.70. The SMILES string of the molecule is CC(C)(C)OC(=O)N1CCC[C@H]1C(=O)N[C@@H](CCC(=O)OCc1ccccc1)C(=O)OCc1ccccc1. The van der Waals surface area contributed by atoms with Crippen LogP contribution < -0.4 is 5.32 Å². The fraction of sp³-hybridized carbons (Fsp3) is 0.448. The minimum absolute atomic E-state index is 0.00779. The molecule has 2 amide bonds. The van der Waals surface area contributed by atoms with E-state index in [1.165, 1.54) is 4.90 Å². The second-order valence-electron chi connectivity index (χ2n) is 10.2. The fourth-order valence-corrected chi connectivity index (χ4v) is 4.00. The maximum Gasteiger partial charge on any atom is 0.410 e. The summed E-state index contributed by atoms with van der Waals surface area (Å²) in [5.41, 5.74) is 0.932. The van der Waals surface area contributed by atoms with E-state index in [2.05, 4.69) is 5.32 Å². The zero-order valence-electron chi connectivity index (χ0n) is 22.2. The number of benzene rings is 2. The van der Waals surface area contributed by atoms with Gasteiger partial charge >= 0.3 is 18.0 Å². The van der Waals surface area contributed by atoms with E-state index in [1.807, 2.05) is 60.7 Å². The number of nitrogens with one attached hydrogen (secondary N) is 1. The van der Waals surface area contributed by atoms with Crippen molar-refractivity contribution in [3.05, 3.63) is 71.8 Å². The van der Waals surface area contributed by atoms with Gasteiger partial charge in [0, 0.05) is 13.0 Å². The predicted octanol–water partition coefficient (Wildman–Crippen LogP) is 4.14. The zero-order valence-corrected chi connectivity index (χ0v) is 22.2. The van der Waals surface area contributed by atoms with Crippen LogP contribution >= 0.6 is 0 Å². The summed E-state index contributed by atoms with van der Waals surface area (Å²) >= 11 is 0. The lowest BCUT2D eigenvalue weighted by Gasteiger charge is -2.29. The highest BCUT2D eigenvalue weighted by atomic mass is 16.6. The van der Waals surface area contributed by atoms with Crippen LogP contribution in [0.3, 0.4) is 0 Å². The minimum atomic E-state index is -1.09. The van der Waals surface area contributed by atoms with Crippen LogP contribution in [0.25, 0.3) is 0 Å². The molecule has 2 aromatic rings.